The van der Waals surface area contributed by atoms with Gasteiger partial charge in [-0.3, -0.25) is 9.59 Å². The minimum atomic E-state index is -0.494. The molecule has 1 spiro atoms. The Labute approximate surface area is 159 Å². The third-order valence-electron chi connectivity index (χ3n) is 5.37. The van der Waals surface area contributed by atoms with Crippen molar-refractivity contribution in [3.63, 3.8) is 0 Å². The Morgan fingerprint density at radius 2 is 1.96 bits per heavy atom. The third-order valence-corrected chi connectivity index (χ3v) is 5.37. The molecule has 3 rings (SSSR count). The SMILES string of the molecule is CCOC(=O)CC(NC(=O)C1CC12CCNCC2)c1ccc(F)cc1.Cl. The van der Waals surface area contributed by atoms with Crippen LogP contribution < -0.4 is 10.6 Å². The molecule has 5 nitrogen and oxygen atoms in total. The van der Waals surface area contributed by atoms with Gasteiger partial charge in [0.2, 0.25) is 5.91 Å². The molecule has 2 aliphatic rings. The molecule has 0 aromatic heterocycles. The normalized spacial score (nSPS) is 21.4. The van der Waals surface area contributed by atoms with Gasteiger partial charge in [-0.15, -0.1) is 12.4 Å². The number of carbonyl (C=O) groups is 2. The number of rotatable bonds is 6. The molecule has 2 unspecified atom stereocenters. The number of hydrogen-bond acceptors (Lipinski definition) is 4. The van der Waals surface area contributed by atoms with Crippen molar-refractivity contribution in [2.75, 3.05) is 19.7 Å². The number of benzene rings is 1. The van der Waals surface area contributed by atoms with Gasteiger partial charge in [0, 0.05) is 5.92 Å². The Balaban J connectivity index is 0.00000243. The van der Waals surface area contributed by atoms with Crippen molar-refractivity contribution in [3.8, 4) is 0 Å². The van der Waals surface area contributed by atoms with E-state index in [-0.39, 0.29) is 47.9 Å². The van der Waals surface area contributed by atoms with Crippen LogP contribution >= 0.6 is 12.4 Å². The van der Waals surface area contributed by atoms with E-state index in [1.54, 1.807) is 19.1 Å². The minimum Gasteiger partial charge on any atom is -0.466 e. The van der Waals surface area contributed by atoms with E-state index in [2.05, 4.69) is 10.6 Å². The first-order chi connectivity index (χ1) is 12.0. The van der Waals surface area contributed by atoms with Crippen LogP contribution in [0.3, 0.4) is 0 Å². The quantitative estimate of drug-likeness (QED) is 0.740. The minimum absolute atomic E-state index is 0. The molecular formula is C19H26ClFN2O3. The van der Waals surface area contributed by atoms with Crippen LogP contribution in [0, 0.1) is 17.2 Å². The van der Waals surface area contributed by atoms with Crippen LogP contribution in [0.25, 0.3) is 0 Å². The summed E-state index contributed by atoms with van der Waals surface area (Å²) in [6.07, 6.45) is 3.00. The van der Waals surface area contributed by atoms with E-state index < -0.39 is 6.04 Å². The third kappa shape index (κ3) is 4.74. The molecule has 2 atom stereocenters. The van der Waals surface area contributed by atoms with E-state index >= 15 is 0 Å². The van der Waals surface area contributed by atoms with Crippen LogP contribution in [-0.4, -0.2) is 31.6 Å². The number of esters is 1. The molecule has 26 heavy (non-hydrogen) atoms. The fourth-order valence-corrected chi connectivity index (χ4v) is 3.80. The Morgan fingerprint density at radius 1 is 1.31 bits per heavy atom. The molecule has 1 saturated heterocycles. The van der Waals surface area contributed by atoms with Gasteiger partial charge < -0.3 is 15.4 Å². The number of piperidine rings is 1. The predicted molar refractivity (Wildman–Crippen MR) is 98.4 cm³/mol. The van der Waals surface area contributed by atoms with Crippen molar-refractivity contribution >= 4 is 24.3 Å². The smallest absolute Gasteiger partial charge is 0.308 e. The molecule has 1 saturated carbocycles. The standard InChI is InChI=1S/C19H25FN2O3.ClH/c1-2-25-17(23)11-16(13-3-5-14(20)6-4-13)22-18(24)15-12-19(15)7-9-21-10-8-19;/h3-6,15-16,21H,2,7-12H2,1H3,(H,22,24);1H. The summed E-state index contributed by atoms with van der Waals surface area (Å²) < 4.78 is 18.2. The first-order valence-corrected chi connectivity index (χ1v) is 8.96. The monoisotopic (exact) mass is 384 g/mol. The lowest BCUT2D eigenvalue weighted by atomic mass is 9.91. The molecule has 2 fully saturated rings. The van der Waals surface area contributed by atoms with Crippen molar-refractivity contribution in [2.45, 2.75) is 38.6 Å². The molecular weight excluding hydrogens is 359 g/mol. The highest BCUT2D eigenvalue weighted by atomic mass is 35.5. The number of amides is 1. The largest absolute Gasteiger partial charge is 0.466 e. The zero-order valence-corrected chi connectivity index (χ0v) is 15.7. The first-order valence-electron chi connectivity index (χ1n) is 8.96. The van der Waals surface area contributed by atoms with Gasteiger partial charge in [-0.25, -0.2) is 4.39 Å². The Hall–Kier alpha value is -1.66. The maximum atomic E-state index is 13.2. The summed E-state index contributed by atoms with van der Waals surface area (Å²) in [5, 5.41) is 6.32. The van der Waals surface area contributed by atoms with E-state index in [0.29, 0.717) is 12.2 Å². The van der Waals surface area contributed by atoms with Crippen LogP contribution in [-0.2, 0) is 14.3 Å². The van der Waals surface area contributed by atoms with Gasteiger partial charge in [0.1, 0.15) is 5.82 Å². The van der Waals surface area contributed by atoms with Gasteiger partial charge >= 0.3 is 5.97 Å². The zero-order chi connectivity index (χ0) is 17.9. The summed E-state index contributed by atoms with van der Waals surface area (Å²) in [5.41, 5.74) is 0.842. The zero-order valence-electron chi connectivity index (χ0n) is 14.9. The molecule has 1 aliphatic carbocycles. The van der Waals surface area contributed by atoms with Gasteiger partial charge in [0.15, 0.2) is 0 Å². The summed E-state index contributed by atoms with van der Waals surface area (Å²) in [4.78, 5) is 24.6. The van der Waals surface area contributed by atoms with Crippen LogP contribution in [0.1, 0.15) is 44.2 Å². The summed E-state index contributed by atoms with van der Waals surface area (Å²) in [6, 6.07) is 5.39. The van der Waals surface area contributed by atoms with Gasteiger partial charge in [-0.1, -0.05) is 12.1 Å². The van der Waals surface area contributed by atoms with Gasteiger partial charge in [-0.05, 0) is 62.4 Å². The number of ether oxygens (including phenoxy) is 1. The second-order valence-electron chi connectivity index (χ2n) is 6.99. The number of halogens is 2. The average Bonchev–Trinajstić information content (AvgIpc) is 3.29. The summed E-state index contributed by atoms with van der Waals surface area (Å²) in [6.45, 7) is 3.94. The lowest BCUT2D eigenvalue weighted by molar-refractivity contribution is -0.143. The Kier molecular flexibility index (Phi) is 7.01. The van der Waals surface area contributed by atoms with E-state index in [1.165, 1.54) is 12.1 Å². The second kappa shape index (κ2) is 8.82. The summed E-state index contributed by atoms with van der Waals surface area (Å²) >= 11 is 0. The van der Waals surface area contributed by atoms with Crippen LogP contribution in [0.2, 0.25) is 0 Å². The molecule has 1 aliphatic heterocycles. The fraction of sp³-hybridized carbons (Fsp3) is 0.579. The van der Waals surface area contributed by atoms with Crippen LogP contribution in [0.15, 0.2) is 24.3 Å². The van der Waals surface area contributed by atoms with Gasteiger partial charge in [0.25, 0.3) is 0 Å². The first kappa shape index (κ1) is 20.6. The maximum absolute atomic E-state index is 13.2. The predicted octanol–water partition coefficient (Wildman–Crippen LogP) is 2.75. The van der Waals surface area contributed by atoms with Crippen molar-refractivity contribution in [1.82, 2.24) is 10.6 Å². The van der Waals surface area contributed by atoms with Crippen molar-refractivity contribution < 1.29 is 18.7 Å². The summed E-state index contributed by atoms with van der Waals surface area (Å²) in [5.74, 6) is -0.717. The highest BCUT2D eigenvalue weighted by molar-refractivity contribution is 5.85. The number of carbonyl (C=O) groups excluding carboxylic acids is 2. The van der Waals surface area contributed by atoms with Crippen molar-refractivity contribution in [1.29, 1.82) is 0 Å². The molecule has 0 bridgehead atoms. The molecule has 1 aromatic carbocycles. The van der Waals surface area contributed by atoms with E-state index in [9.17, 15) is 14.0 Å². The molecule has 1 aromatic rings. The van der Waals surface area contributed by atoms with Crippen LogP contribution in [0.5, 0.6) is 0 Å². The lowest BCUT2D eigenvalue weighted by Gasteiger charge is -2.24. The van der Waals surface area contributed by atoms with Crippen molar-refractivity contribution in [3.05, 3.63) is 35.6 Å². The molecule has 0 radical (unpaired) electrons. The number of nitrogens with one attached hydrogen (secondary N) is 2. The van der Waals surface area contributed by atoms with E-state index in [1.807, 2.05) is 0 Å². The molecule has 1 amide bonds. The van der Waals surface area contributed by atoms with Gasteiger partial charge in [-0.2, -0.15) is 0 Å². The number of hydrogen-bond donors (Lipinski definition) is 2. The molecule has 7 heteroatoms. The maximum Gasteiger partial charge on any atom is 0.308 e. The average molecular weight is 385 g/mol. The highest BCUT2D eigenvalue weighted by Gasteiger charge is 2.57. The second-order valence-corrected chi connectivity index (χ2v) is 6.99. The van der Waals surface area contributed by atoms with E-state index in [0.717, 1.165) is 32.4 Å². The topological polar surface area (TPSA) is 67.4 Å². The summed E-state index contributed by atoms with van der Waals surface area (Å²) in [7, 11) is 0. The Bertz CT molecular complexity index is 632. The van der Waals surface area contributed by atoms with E-state index in [4.69, 9.17) is 4.74 Å². The van der Waals surface area contributed by atoms with Crippen LogP contribution in [0.4, 0.5) is 4.39 Å². The van der Waals surface area contributed by atoms with Gasteiger partial charge in [0.05, 0.1) is 19.1 Å². The van der Waals surface area contributed by atoms with Crippen molar-refractivity contribution in [2.24, 2.45) is 11.3 Å². The molecule has 2 N–H and O–H groups in total. The molecule has 144 valence electrons. The Morgan fingerprint density at radius 3 is 2.58 bits per heavy atom. The lowest BCUT2D eigenvalue weighted by Crippen LogP contribution is -2.36. The highest BCUT2D eigenvalue weighted by Crippen LogP contribution is 2.58. The fourth-order valence-electron chi connectivity index (χ4n) is 3.80. The molecule has 1 heterocycles.